The Labute approximate surface area is 129 Å². The van der Waals surface area contributed by atoms with Crippen molar-refractivity contribution in [1.29, 1.82) is 0 Å². The Bertz CT molecular complexity index is 436. The van der Waals surface area contributed by atoms with Crippen LogP contribution < -0.4 is 5.32 Å². The van der Waals surface area contributed by atoms with Crippen LogP contribution in [0.3, 0.4) is 0 Å². The highest BCUT2D eigenvalue weighted by atomic mass is 35.5. The number of amides is 1. The average Bonchev–Trinajstić information content (AvgIpc) is 2.48. The molecule has 0 aromatic heterocycles. The third-order valence-electron chi connectivity index (χ3n) is 3.38. The Kier molecular flexibility index (Phi) is 6.70. The predicted octanol–water partition coefficient (Wildman–Crippen LogP) is 3.12. The SMILES string of the molecule is O=C(CSCc1ccccc1Cl)NCC1CCOCC1. The number of carbonyl (C=O) groups excluding carboxylic acids is 1. The van der Waals surface area contributed by atoms with E-state index in [1.807, 2.05) is 24.3 Å². The molecule has 0 bridgehead atoms. The van der Waals surface area contributed by atoms with E-state index in [0.717, 1.165) is 48.9 Å². The van der Waals surface area contributed by atoms with Crippen LogP contribution in [-0.2, 0) is 15.3 Å². The maximum atomic E-state index is 11.8. The molecule has 0 spiro atoms. The maximum absolute atomic E-state index is 11.8. The van der Waals surface area contributed by atoms with Crippen LogP contribution in [0.25, 0.3) is 0 Å². The molecule has 0 saturated carbocycles. The normalized spacial score (nSPS) is 16.1. The summed E-state index contributed by atoms with van der Waals surface area (Å²) in [6.45, 7) is 2.42. The minimum absolute atomic E-state index is 0.105. The molecule has 1 amide bonds. The summed E-state index contributed by atoms with van der Waals surface area (Å²) in [5.41, 5.74) is 1.08. The van der Waals surface area contributed by atoms with Gasteiger partial charge in [-0.25, -0.2) is 0 Å². The van der Waals surface area contributed by atoms with Crippen molar-refractivity contribution in [2.24, 2.45) is 5.92 Å². The van der Waals surface area contributed by atoms with E-state index in [2.05, 4.69) is 5.32 Å². The topological polar surface area (TPSA) is 38.3 Å². The van der Waals surface area contributed by atoms with Gasteiger partial charge in [0, 0.05) is 30.5 Å². The molecule has 0 aliphatic carbocycles. The summed E-state index contributed by atoms with van der Waals surface area (Å²) in [6, 6.07) is 7.75. The fraction of sp³-hybridized carbons (Fsp3) is 0.533. The van der Waals surface area contributed by atoms with Crippen molar-refractivity contribution in [3.8, 4) is 0 Å². The summed E-state index contributed by atoms with van der Waals surface area (Å²) in [6.07, 6.45) is 2.10. The van der Waals surface area contributed by atoms with Gasteiger partial charge in [-0.15, -0.1) is 11.8 Å². The molecule has 5 heteroatoms. The fourth-order valence-corrected chi connectivity index (χ4v) is 3.27. The van der Waals surface area contributed by atoms with Gasteiger partial charge >= 0.3 is 0 Å². The van der Waals surface area contributed by atoms with Crippen molar-refractivity contribution < 1.29 is 9.53 Å². The monoisotopic (exact) mass is 313 g/mol. The van der Waals surface area contributed by atoms with Gasteiger partial charge in [0.15, 0.2) is 0 Å². The number of ether oxygens (including phenoxy) is 1. The molecule has 0 radical (unpaired) electrons. The van der Waals surface area contributed by atoms with Crippen molar-refractivity contribution in [1.82, 2.24) is 5.32 Å². The number of thioether (sulfide) groups is 1. The van der Waals surface area contributed by atoms with Gasteiger partial charge < -0.3 is 10.1 Å². The number of rotatable bonds is 6. The van der Waals surface area contributed by atoms with Gasteiger partial charge in [-0.3, -0.25) is 4.79 Å². The van der Waals surface area contributed by atoms with Crippen LogP contribution >= 0.6 is 23.4 Å². The van der Waals surface area contributed by atoms with E-state index in [0.29, 0.717) is 11.7 Å². The quantitative estimate of drug-likeness (QED) is 0.877. The summed E-state index contributed by atoms with van der Waals surface area (Å²) in [5.74, 6) is 1.92. The highest BCUT2D eigenvalue weighted by Gasteiger charge is 2.14. The molecule has 20 heavy (non-hydrogen) atoms. The lowest BCUT2D eigenvalue weighted by atomic mass is 10.0. The van der Waals surface area contributed by atoms with Crippen LogP contribution in [0.4, 0.5) is 0 Å². The Morgan fingerprint density at radius 3 is 2.85 bits per heavy atom. The minimum Gasteiger partial charge on any atom is -0.381 e. The number of hydrogen-bond acceptors (Lipinski definition) is 3. The second-order valence-electron chi connectivity index (χ2n) is 4.94. The Hall–Kier alpha value is -0.710. The molecule has 2 rings (SSSR count). The van der Waals surface area contributed by atoms with Crippen molar-refractivity contribution in [3.05, 3.63) is 34.9 Å². The summed E-state index contributed by atoms with van der Waals surface area (Å²) >= 11 is 7.67. The lowest BCUT2D eigenvalue weighted by molar-refractivity contribution is -0.118. The van der Waals surface area contributed by atoms with Crippen LogP contribution in [-0.4, -0.2) is 31.4 Å². The van der Waals surface area contributed by atoms with E-state index < -0.39 is 0 Å². The first-order valence-corrected chi connectivity index (χ1v) is 8.44. The fourth-order valence-electron chi connectivity index (χ4n) is 2.13. The predicted molar refractivity (Wildman–Crippen MR) is 84.2 cm³/mol. The van der Waals surface area contributed by atoms with Crippen LogP contribution in [0, 0.1) is 5.92 Å². The third-order valence-corrected chi connectivity index (χ3v) is 4.73. The maximum Gasteiger partial charge on any atom is 0.230 e. The molecule has 1 fully saturated rings. The van der Waals surface area contributed by atoms with Gasteiger partial charge in [0.1, 0.15) is 0 Å². The van der Waals surface area contributed by atoms with Crippen LogP contribution in [0.1, 0.15) is 18.4 Å². The number of nitrogens with one attached hydrogen (secondary N) is 1. The zero-order chi connectivity index (χ0) is 14.2. The third kappa shape index (κ3) is 5.35. The Morgan fingerprint density at radius 2 is 2.10 bits per heavy atom. The van der Waals surface area contributed by atoms with Crippen molar-refractivity contribution in [2.75, 3.05) is 25.5 Å². The molecule has 1 saturated heterocycles. The van der Waals surface area contributed by atoms with Crippen LogP contribution in [0.5, 0.6) is 0 Å². The van der Waals surface area contributed by atoms with Gasteiger partial charge in [-0.1, -0.05) is 29.8 Å². The van der Waals surface area contributed by atoms with Gasteiger partial charge in [-0.2, -0.15) is 0 Å². The largest absolute Gasteiger partial charge is 0.381 e. The molecule has 1 heterocycles. The second-order valence-corrected chi connectivity index (χ2v) is 6.34. The molecule has 3 nitrogen and oxygen atoms in total. The number of halogens is 1. The summed E-state index contributed by atoms with van der Waals surface area (Å²) in [7, 11) is 0. The molecule has 0 atom stereocenters. The average molecular weight is 314 g/mol. The minimum atomic E-state index is 0.105. The van der Waals surface area contributed by atoms with Crippen molar-refractivity contribution >= 4 is 29.3 Å². The lowest BCUT2D eigenvalue weighted by Gasteiger charge is -2.22. The molecule has 1 aromatic rings. The molecule has 1 aliphatic heterocycles. The smallest absolute Gasteiger partial charge is 0.230 e. The van der Waals surface area contributed by atoms with Gasteiger partial charge in [0.25, 0.3) is 0 Å². The zero-order valence-corrected chi connectivity index (χ0v) is 13.0. The highest BCUT2D eigenvalue weighted by molar-refractivity contribution is 7.99. The zero-order valence-electron chi connectivity index (χ0n) is 11.4. The molecule has 110 valence electrons. The molecule has 1 N–H and O–H groups in total. The first-order chi connectivity index (χ1) is 9.75. The van der Waals surface area contributed by atoms with E-state index in [9.17, 15) is 4.79 Å². The molecular weight excluding hydrogens is 294 g/mol. The van der Waals surface area contributed by atoms with E-state index in [-0.39, 0.29) is 5.91 Å². The molecule has 0 unspecified atom stereocenters. The Balaban J connectivity index is 1.61. The lowest BCUT2D eigenvalue weighted by Crippen LogP contribution is -2.33. The molecule has 1 aromatic carbocycles. The first kappa shape index (κ1) is 15.7. The van der Waals surface area contributed by atoms with Gasteiger partial charge in [0.2, 0.25) is 5.91 Å². The van der Waals surface area contributed by atoms with Gasteiger partial charge in [0.05, 0.1) is 5.75 Å². The molecule has 1 aliphatic rings. The molecular formula is C15H20ClNO2S. The van der Waals surface area contributed by atoms with Crippen LogP contribution in [0.2, 0.25) is 5.02 Å². The standard InChI is InChI=1S/C15H20ClNO2S/c16-14-4-2-1-3-13(14)10-20-11-15(18)17-9-12-5-7-19-8-6-12/h1-4,12H,5-11H2,(H,17,18). The summed E-state index contributed by atoms with van der Waals surface area (Å²) < 4.78 is 5.30. The first-order valence-electron chi connectivity index (χ1n) is 6.91. The van der Waals surface area contributed by atoms with Crippen molar-refractivity contribution in [3.63, 3.8) is 0 Å². The van der Waals surface area contributed by atoms with E-state index in [4.69, 9.17) is 16.3 Å². The van der Waals surface area contributed by atoms with E-state index >= 15 is 0 Å². The summed E-state index contributed by atoms with van der Waals surface area (Å²) in [4.78, 5) is 11.8. The Morgan fingerprint density at radius 1 is 1.35 bits per heavy atom. The van der Waals surface area contributed by atoms with Crippen LogP contribution in [0.15, 0.2) is 24.3 Å². The summed E-state index contributed by atoms with van der Waals surface area (Å²) in [5, 5.41) is 3.77. The number of benzene rings is 1. The number of carbonyl (C=O) groups is 1. The highest BCUT2D eigenvalue weighted by Crippen LogP contribution is 2.20. The van der Waals surface area contributed by atoms with E-state index in [1.165, 1.54) is 0 Å². The number of hydrogen-bond donors (Lipinski definition) is 1. The van der Waals surface area contributed by atoms with E-state index in [1.54, 1.807) is 11.8 Å². The van der Waals surface area contributed by atoms with Gasteiger partial charge in [-0.05, 0) is 30.4 Å². The second kappa shape index (κ2) is 8.55. The van der Waals surface area contributed by atoms with Crippen molar-refractivity contribution in [2.45, 2.75) is 18.6 Å².